The van der Waals surface area contributed by atoms with E-state index in [1.54, 1.807) is 6.20 Å². The fraction of sp³-hybridized carbons (Fsp3) is 0.650. The van der Waals surface area contributed by atoms with Crippen LogP contribution in [0.2, 0.25) is 0 Å². The minimum absolute atomic E-state index is 0.00836. The molecule has 2 amide bonds. The topological polar surface area (TPSA) is 62.7 Å². The molecule has 0 radical (unpaired) electrons. The van der Waals surface area contributed by atoms with Crippen LogP contribution in [-0.4, -0.2) is 58.9 Å². The molecule has 0 aromatic carbocycles. The second-order valence-electron chi connectivity index (χ2n) is 7.85. The van der Waals surface area contributed by atoms with Gasteiger partial charge in [0.2, 0.25) is 11.8 Å². The first-order valence-electron chi connectivity index (χ1n) is 9.54. The standard InChI is InChI=1S/C20H29N3O3/c1-16(2)26-13-19(25)22-11-5-8-20(14-22)9-7-18(24)23(15-20)12-17-6-3-4-10-21-17/h3-4,6,10,16H,5,7-9,11-15H2,1-2H3. The number of rotatable bonds is 5. The van der Waals surface area contributed by atoms with Gasteiger partial charge in [-0.2, -0.15) is 0 Å². The molecule has 2 saturated heterocycles. The molecule has 2 aliphatic heterocycles. The quantitative estimate of drug-likeness (QED) is 0.809. The molecule has 0 aliphatic carbocycles. The van der Waals surface area contributed by atoms with E-state index in [0.29, 0.717) is 19.5 Å². The van der Waals surface area contributed by atoms with E-state index in [1.165, 1.54) is 0 Å². The Morgan fingerprint density at radius 1 is 1.31 bits per heavy atom. The van der Waals surface area contributed by atoms with E-state index in [9.17, 15) is 9.59 Å². The summed E-state index contributed by atoms with van der Waals surface area (Å²) in [6.45, 7) is 6.78. The summed E-state index contributed by atoms with van der Waals surface area (Å²) in [5, 5.41) is 0. The lowest BCUT2D eigenvalue weighted by atomic mass is 9.73. The van der Waals surface area contributed by atoms with Gasteiger partial charge in [-0.1, -0.05) is 6.07 Å². The number of hydrogen-bond donors (Lipinski definition) is 0. The maximum Gasteiger partial charge on any atom is 0.248 e. The lowest BCUT2D eigenvalue weighted by Gasteiger charge is -2.48. The molecule has 3 rings (SSSR count). The van der Waals surface area contributed by atoms with Gasteiger partial charge in [0, 0.05) is 37.7 Å². The van der Waals surface area contributed by atoms with E-state index in [2.05, 4.69) is 4.98 Å². The summed E-state index contributed by atoms with van der Waals surface area (Å²) in [7, 11) is 0. The van der Waals surface area contributed by atoms with E-state index in [4.69, 9.17) is 4.74 Å². The van der Waals surface area contributed by atoms with Crippen molar-refractivity contribution in [2.45, 2.75) is 52.2 Å². The van der Waals surface area contributed by atoms with Crippen molar-refractivity contribution in [3.8, 4) is 0 Å². The van der Waals surface area contributed by atoms with Crippen LogP contribution in [0.1, 0.15) is 45.2 Å². The van der Waals surface area contributed by atoms with E-state index in [0.717, 1.165) is 38.0 Å². The molecule has 26 heavy (non-hydrogen) atoms. The molecule has 1 atom stereocenters. The smallest absolute Gasteiger partial charge is 0.248 e. The fourth-order valence-corrected chi connectivity index (χ4v) is 4.02. The summed E-state index contributed by atoms with van der Waals surface area (Å²) < 4.78 is 5.49. The van der Waals surface area contributed by atoms with Crippen LogP contribution in [0.4, 0.5) is 0 Å². The van der Waals surface area contributed by atoms with Crippen molar-refractivity contribution < 1.29 is 14.3 Å². The lowest BCUT2D eigenvalue weighted by molar-refractivity contribution is -0.146. The number of carbonyl (C=O) groups excluding carboxylic acids is 2. The highest BCUT2D eigenvalue weighted by molar-refractivity contribution is 5.78. The molecule has 0 N–H and O–H groups in total. The largest absolute Gasteiger partial charge is 0.369 e. The summed E-state index contributed by atoms with van der Waals surface area (Å²) in [6.07, 6.45) is 5.28. The minimum atomic E-state index is 0.00836. The van der Waals surface area contributed by atoms with Gasteiger partial charge in [0.1, 0.15) is 6.61 Å². The first-order valence-corrected chi connectivity index (χ1v) is 9.54. The molecule has 1 unspecified atom stereocenters. The van der Waals surface area contributed by atoms with Crippen molar-refractivity contribution >= 4 is 11.8 Å². The number of carbonyl (C=O) groups is 2. The SMILES string of the molecule is CC(C)OCC(=O)N1CCCC2(CCC(=O)N(Cc3ccccn3)C2)C1. The highest BCUT2D eigenvalue weighted by Crippen LogP contribution is 2.39. The summed E-state index contributed by atoms with van der Waals surface area (Å²) in [5.41, 5.74) is 0.918. The van der Waals surface area contributed by atoms with Gasteiger partial charge in [0.05, 0.1) is 18.3 Å². The van der Waals surface area contributed by atoms with Gasteiger partial charge in [0.25, 0.3) is 0 Å². The molecule has 1 aromatic heterocycles. The number of ether oxygens (including phenoxy) is 1. The maximum absolute atomic E-state index is 12.5. The van der Waals surface area contributed by atoms with Gasteiger partial charge in [-0.05, 0) is 45.2 Å². The van der Waals surface area contributed by atoms with Gasteiger partial charge in [0.15, 0.2) is 0 Å². The van der Waals surface area contributed by atoms with Crippen LogP contribution in [0.3, 0.4) is 0 Å². The maximum atomic E-state index is 12.5. The van der Waals surface area contributed by atoms with Gasteiger partial charge >= 0.3 is 0 Å². The molecule has 142 valence electrons. The number of piperidine rings is 2. The van der Waals surface area contributed by atoms with Crippen molar-refractivity contribution in [2.75, 3.05) is 26.2 Å². The third-order valence-corrected chi connectivity index (χ3v) is 5.38. The van der Waals surface area contributed by atoms with Crippen molar-refractivity contribution in [1.82, 2.24) is 14.8 Å². The summed E-state index contributed by atoms with van der Waals surface area (Å²) in [5.74, 6) is 0.249. The number of nitrogens with zero attached hydrogens (tertiary/aromatic N) is 3. The monoisotopic (exact) mass is 359 g/mol. The first-order chi connectivity index (χ1) is 12.5. The zero-order chi connectivity index (χ0) is 18.6. The average Bonchev–Trinajstić information content (AvgIpc) is 2.64. The third kappa shape index (κ3) is 4.61. The molecular weight excluding hydrogens is 330 g/mol. The Labute approximate surface area is 155 Å². The molecule has 6 nitrogen and oxygen atoms in total. The van der Waals surface area contributed by atoms with Crippen LogP contribution in [0, 0.1) is 5.41 Å². The van der Waals surface area contributed by atoms with Crippen molar-refractivity contribution in [1.29, 1.82) is 0 Å². The van der Waals surface area contributed by atoms with Crippen LogP contribution in [-0.2, 0) is 20.9 Å². The Bertz CT molecular complexity index is 634. The molecule has 0 saturated carbocycles. The molecule has 6 heteroatoms. The normalized spacial score (nSPS) is 23.7. The van der Waals surface area contributed by atoms with E-state index < -0.39 is 0 Å². The third-order valence-electron chi connectivity index (χ3n) is 5.38. The predicted molar refractivity (Wildman–Crippen MR) is 98.2 cm³/mol. The van der Waals surface area contributed by atoms with E-state index >= 15 is 0 Å². The van der Waals surface area contributed by atoms with Crippen LogP contribution in [0.5, 0.6) is 0 Å². The number of amides is 2. The summed E-state index contributed by atoms with van der Waals surface area (Å²) in [6, 6.07) is 5.78. The van der Waals surface area contributed by atoms with Crippen LogP contribution in [0.15, 0.2) is 24.4 Å². The molecule has 1 aromatic rings. The number of aromatic nitrogens is 1. The molecular formula is C20H29N3O3. The molecule has 2 aliphatic rings. The van der Waals surface area contributed by atoms with E-state index in [1.807, 2.05) is 41.8 Å². The number of likely N-dealkylation sites (tertiary alicyclic amines) is 2. The Balaban J connectivity index is 1.64. The highest BCUT2D eigenvalue weighted by Gasteiger charge is 2.42. The summed E-state index contributed by atoms with van der Waals surface area (Å²) >= 11 is 0. The average molecular weight is 359 g/mol. The van der Waals surface area contributed by atoms with Gasteiger partial charge in [-0.25, -0.2) is 0 Å². The Kier molecular flexibility index (Phi) is 5.91. The number of hydrogen-bond acceptors (Lipinski definition) is 4. The number of pyridine rings is 1. The molecule has 1 spiro atoms. The predicted octanol–water partition coefficient (Wildman–Crippen LogP) is 2.24. The van der Waals surface area contributed by atoms with E-state index in [-0.39, 0.29) is 29.9 Å². The zero-order valence-corrected chi connectivity index (χ0v) is 15.8. The molecule has 2 fully saturated rings. The second kappa shape index (κ2) is 8.16. The lowest BCUT2D eigenvalue weighted by Crippen LogP contribution is -2.55. The van der Waals surface area contributed by atoms with Gasteiger partial charge in [-0.15, -0.1) is 0 Å². The van der Waals surface area contributed by atoms with Crippen LogP contribution < -0.4 is 0 Å². The summed E-state index contributed by atoms with van der Waals surface area (Å²) in [4.78, 5) is 33.1. The van der Waals surface area contributed by atoms with Gasteiger partial charge < -0.3 is 14.5 Å². The Morgan fingerprint density at radius 2 is 2.15 bits per heavy atom. The Hall–Kier alpha value is -1.95. The first kappa shape index (κ1) is 18.8. The highest BCUT2D eigenvalue weighted by atomic mass is 16.5. The Morgan fingerprint density at radius 3 is 2.88 bits per heavy atom. The van der Waals surface area contributed by atoms with Crippen molar-refractivity contribution in [3.63, 3.8) is 0 Å². The minimum Gasteiger partial charge on any atom is -0.369 e. The van der Waals surface area contributed by atoms with Crippen LogP contribution >= 0.6 is 0 Å². The second-order valence-corrected chi connectivity index (χ2v) is 7.85. The van der Waals surface area contributed by atoms with Gasteiger partial charge in [-0.3, -0.25) is 14.6 Å². The van der Waals surface area contributed by atoms with Crippen molar-refractivity contribution in [3.05, 3.63) is 30.1 Å². The molecule has 0 bridgehead atoms. The molecule has 3 heterocycles. The zero-order valence-electron chi connectivity index (χ0n) is 15.8. The van der Waals surface area contributed by atoms with Crippen LogP contribution in [0.25, 0.3) is 0 Å². The fourth-order valence-electron chi connectivity index (χ4n) is 4.02. The van der Waals surface area contributed by atoms with Crippen molar-refractivity contribution in [2.24, 2.45) is 5.41 Å².